The van der Waals surface area contributed by atoms with Crippen LogP contribution in [-0.2, 0) is 9.59 Å². The average Bonchev–Trinajstić information content (AvgIpc) is 2.69. The lowest BCUT2D eigenvalue weighted by Crippen LogP contribution is -2.27. The van der Waals surface area contributed by atoms with Crippen molar-refractivity contribution in [2.45, 2.75) is 22.3 Å². The number of alkyl halides is 2. The largest absolute Gasteiger partial charge is 0.326 e. The van der Waals surface area contributed by atoms with E-state index in [1.165, 1.54) is 24.3 Å². The molecular formula is C12H11F2N3O2S2. The molecule has 1 atom stereocenters. The molecular weight excluding hydrogens is 320 g/mol. The normalized spacial score (nSPS) is 18.0. The molecule has 2 amide bonds. The zero-order chi connectivity index (χ0) is 15.4. The Bertz CT molecular complexity index is 566. The molecule has 0 radical (unpaired) electrons. The minimum absolute atomic E-state index is 0.0335. The van der Waals surface area contributed by atoms with Crippen LogP contribution in [0.5, 0.6) is 0 Å². The summed E-state index contributed by atoms with van der Waals surface area (Å²) in [6.07, 6.45) is -0.0492. The second-order valence-electron chi connectivity index (χ2n) is 4.08. The van der Waals surface area contributed by atoms with Crippen LogP contribution in [0.15, 0.2) is 29.2 Å². The van der Waals surface area contributed by atoms with Crippen LogP contribution in [0.1, 0.15) is 6.42 Å². The van der Waals surface area contributed by atoms with Gasteiger partial charge in [-0.1, -0.05) is 23.5 Å². The molecule has 1 unspecified atom stereocenters. The molecule has 1 aliphatic heterocycles. The maximum atomic E-state index is 12.2. The summed E-state index contributed by atoms with van der Waals surface area (Å²) in [6, 6.07) is 6.01. The zero-order valence-electron chi connectivity index (χ0n) is 10.6. The molecule has 0 bridgehead atoms. The van der Waals surface area contributed by atoms with E-state index in [0.717, 1.165) is 11.8 Å². The number of benzene rings is 1. The average molecular weight is 331 g/mol. The topological polar surface area (TPSA) is 82.1 Å². The first kappa shape index (κ1) is 15.8. The van der Waals surface area contributed by atoms with Crippen molar-refractivity contribution in [1.29, 1.82) is 5.41 Å². The predicted molar refractivity (Wildman–Crippen MR) is 78.8 cm³/mol. The van der Waals surface area contributed by atoms with Gasteiger partial charge in [0.2, 0.25) is 11.8 Å². The number of nitrogens with one attached hydrogen (secondary N) is 3. The standard InChI is InChI=1S/C12H11F2N3O2S2/c13-11(14)20-7-3-1-6(2-4-7)16-9(18)5-8-10(19)17-12(15)21-8/h1-4,8,11H,5H2,(H,16,18)(H2,15,17,19). The van der Waals surface area contributed by atoms with Crippen molar-refractivity contribution in [3.8, 4) is 0 Å². The molecule has 5 nitrogen and oxygen atoms in total. The summed E-state index contributed by atoms with van der Waals surface area (Å²) in [5.74, 6) is -3.21. The fraction of sp³-hybridized carbons (Fsp3) is 0.250. The summed E-state index contributed by atoms with van der Waals surface area (Å²) in [7, 11) is 0. The van der Waals surface area contributed by atoms with Gasteiger partial charge in [-0.25, -0.2) is 0 Å². The summed E-state index contributed by atoms with van der Waals surface area (Å²) in [6.45, 7) is 0. The van der Waals surface area contributed by atoms with Crippen LogP contribution < -0.4 is 10.6 Å². The minimum atomic E-state index is -2.49. The molecule has 0 saturated carbocycles. The molecule has 1 aromatic rings. The summed E-state index contributed by atoms with van der Waals surface area (Å²) < 4.78 is 24.3. The van der Waals surface area contributed by atoms with Crippen molar-refractivity contribution in [2.24, 2.45) is 0 Å². The Morgan fingerprint density at radius 3 is 2.62 bits per heavy atom. The van der Waals surface area contributed by atoms with Crippen molar-refractivity contribution in [1.82, 2.24) is 5.32 Å². The van der Waals surface area contributed by atoms with Crippen LogP contribution in [0, 0.1) is 5.41 Å². The molecule has 21 heavy (non-hydrogen) atoms. The van der Waals surface area contributed by atoms with Crippen LogP contribution in [-0.4, -0.2) is 28.0 Å². The van der Waals surface area contributed by atoms with E-state index in [-0.39, 0.29) is 23.4 Å². The SMILES string of the molecule is N=C1NC(=O)C(CC(=O)Nc2ccc(SC(F)F)cc2)S1. The molecule has 1 saturated heterocycles. The van der Waals surface area contributed by atoms with Crippen molar-refractivity contribution in [2.75, 3.05) is 5.32 Å². The lowest BCUT2D eigenvalue weighted by Gasteiger charge is -2.08. The third-order valence-electron chi connectivity index (χ3n) is 2.52. The fourth-order valence-corrected chi connectivity index (χ4v) is 3.00. The van der Waals surface area contributed by atoms with Gasteiger partial charge in [-0.3, -0.25) is 15.0 Å². The van der Waals surface area contributed by atoms with Crippen LogP contribution >= 0.6 is 23.5 Å². The van der Waals surface area contributed by atoms with E-state index >= 15 is 0 Å². The second kappa shape index (κ2) is 6.90. The number of hydrogen-bond acceptors (Lipinski definition) is 5. The van der Waals surface area contributed by atoms with Crippen molar-refractivity contribution in [3.63, 3.8) is 0 Å². The molecule has 0 aliphatic carbocycles. The number of hydrogen-bond donors (Lipinski definition) is 3. The predicted octanol–water partition coefficient (Wildman–Crippen LogP) is 2.50. The first-order chi connectivity index (χ1) is 9.94. The van der Waals surface area contributed by atoms with E-state index in [9.17, 15) is 18.4 Å². The molecule has 0 aromatic heterocycles. The third-order valence-corrected chi connectivity index (χ3v) is 4.25. The Labute approximate surface area is 127 Å². The molecule has 1 heterocycles. The quantitative estimate of drug-likeness (QED) is 0.724. The number of amides is 2. The van der Waals surface area contributed by atoms with Crippen LogP contribution in [0.25, 0.3) is 0 Å². The first-order valence-electron chi connectivity index (χ1n) is 5.85. The molecule has 0 spiro atoms. The summed E-state index contributed by atoms with van der Waals surface area (Å²) in [5.41, 5.74) is 0.470. The van der Waals surface area contributed by atoms with Crippen molar-refractivity contribution in [3.05, 3.63) is 24.3 Å². The molecule has 9 heteroatoms. The van der Waals surface area contributed by atoms with Gasteiger partial charge in [0.15, 0.2) is 5.17 Å². The number of carbonyl (C=O) groups excluding carboxylic acids is 2. The number of anilines is 1. The number of amidine groups is 1. The molecule has 1 aliphatic rings. The number of halogens is 2. The van der Waals surface area contributed by atoms with Gasteiger partial charge in [-0.05, 0) is 24.3 Å². The van der Waals surface area contributed by atoms with Gasteiger partial charge in [-0.15, -0.1) is 0 Å². The first-order valence-corrected chi connectivity index (χ1v) is 7.61. The van der Waals surface area contributed by atoms with E-state index in [1.807, 2.05) is 0 Å². The Hall–Kier alpha value is -1.61. The summed E-state index contributed by atoms with van der Waals surface area (Å²) in [4.78, 5) is 23.6. The number of rotatable bonds is 5. The van der Waals surface area contributed by atoms with Crippen molar-refractivity contribution >= 4 is 46.2 Å². The van der Waals surface area contributed by atoms with Gasteiger partial charge in [0.1, 0.15) is 5.25 Å². The highest BCUT2D eigenvalue weighted by Crippen LogP contribution is 2.26. The number of carbonyl (C=O) groups is 2. The highest BCUT2D eigenvalue weighted by atomic mass is 32.2. The highest BCUT2D eigenvalue weighted by molar-refractivity contribution is 8.15. The van der Waals surface area contributed by atoms with Crippen LogP contribution in [0.2, 0.25) is 0 Å². The number of thioether (sulfide) groups is 2. The molecule has 1 aromatic carbocycles. The summed E-state index contributed by atoms with van der Waals surface area (Å²) >= 11 is 1.42. The van der Waals surface area contributed by atoms with Gasteiger partial charge in [0.05, 0.1) is 0 Å². The van der Waals surface area contributed by atoms with E-state index in [1.54, 1.807) is 0 Å². The Kier molecular flexibility index (Phi) is 5.18. The van der Waals surface area contributed by atoms with E-state index < -0.39 is 11.0 Å². The molecule has 3 N–H and O–H groups in total. The van der Waals surface area contributed by atoms with Gasteiger partial charge in [-0.2, -0.15) is 8.78 Å². The fourth-order valence-electron chi connectivity index (χ4n) is 1.65. The highest BCUT2D eigenvalue weighted by Gasteiger charge is 2.31. The van der Waals surface area contributed by atoms with E-state index in [2.05, 4.69) is 10.6 Å². The smallest absolute Gasteiger partial charge is 0.288 e. The monoisotopic (exact) mass is 331 g/mol. The molecule has 2 rings (SSSR count). The molecule has 112 valence electrons. The van der Waals surface area contributed by atoms with Gasteiger partial charge < -0.3 is 10.6 Å². The van der Waals surface area contributed by atoms with Gasteiger partial charge >= 0.3 is 0 Å². The van der Waals surface area contributed by atoms with Crippen molar-refractivity contribution < 1.29 is 18.4 Å². The lowest BCUT2D eigenvalue weighted by molar-refractivity contribution is -0.122. The Balaban J connectivity index is 1.88. The third kappa shape index (κ3) is 4.71. The van der Waals surface area contributed by atoms with E-state index in [4.69, 9.17) is 5.41 Å². The Morgan fingerprint density at radius 2 is 2.10 bits per heavy atom. The van der Waals surface area contributed by atoms with E-state index in [0.29, 0.717) is 22.3 Å². The second-order valence-corrected chi connectivity index (χ2v) is 6.36. The zero-order valence-corrected chi connectivity index (χ0v) is 12.2. The Morgan fingerprint density at radius 1 is 1.43 bits per heavy atom. The lowest BCUT2D eigenvalue weighted by atomic mass is 10.2. The van der Waals surface area contributed by atoms with Crippen LogP contribution in [0.4, 0.5) is 14.5 Å². The van der Waals surface area contributed by atoms with Gasteiger partial charge in [0, 0.05) is 17.0 Å². The van der Waals surface area contributed by atoms with Gasteiger partial charge in [0.25, 0.3) is 5.76 Å². The van der Waals surface area contributed by atoms with Crippen LogP contribution in [0.3, 0.4) is 0 Å². The summed E-state index contributed by atoms with van der Waals surface area (Å²) in [5, 5.41) is 11.6. The maximum absolute atomic E-state index is 12.2. The maximum Gasteiger partial charge on any atom is 0.288 e. The minimum Gasteiger partial charge on any atom is -0.326 e. The molecule has 1 fully saturated rings.